The zero-order valence-corrected chi connectivity index (χ0v) is 17.5. The number of benzene rings is 2. The zero-order chi connectivity index (χ0) is 21.9. The van der Waals surface area contributed by atoms with Crippen molar-refractivity contribution in [2.75, 3.05) is 11.1 Å². The average Bonchev–Trinajstić information content (AvgIpc) is 3.15. The molecule has 0 aliphatic rings. The number of halogens is 2. The number of carbonyl (C=O) groups excluding carboxylic acids is 1. The number of nitrogens with one attached hydrogen (secondary N) is 1. The van der Waals surface area contributed by atoms with Gasteiger partial charge in [-0.15, -0.1) is 5.10 Å². The molecule has 2 aromatic carbocycles. The Morgan fingerprint density at radius 1 is 1.20 bits per heavy atom. The quantitative estimate of drug-likeness (QED) is 0.548. The van der Waals surface area contributed by atoms with Gasteiger partial charge in [-0.1, -0.05) is 41.6 Å². The number of alkyl halides is 2. The third kappa shape index (κ3) is 4.65. The van der Waals surface area contributed by atoms with Gasteiger partial charge >= 0.3 is 5.76 Å². The molecular formula is C18H17F2N5O3S2. The van der Waals surface area contributed by atoms with Crippen LogP contribution in [0.15, 0.2) is 52.5 Å². The van der Waals surface area contributed by atoms with Crippen LogP contribution < -0.4 is 5.32 Å². The van der Waals surface area contributed by atoms with Crippen molar-refractivity contribution in [1.29, 1.82) is 0 Å². The van der Waals surface area contributed by atoms with E-state index >= 15 is 0 Å². The van der Waals surface area contributed by atoms with E-state index in [2.05, 4.69) is 20.8 Å². The summed E-state index contributed by atoms with van der Waals surface area (Å²) in [6.45, 7) is 3.87. The summed E-state index contributed by atoms with van der Waals surface area (Å²) in [5, 5.41) is 14.2. The second-order valence-electron chi connectivity index (χ2n) is 6.30. The average molecular weight is 453 g/mol. The molecule has 8 nitrogen and oxygen atoms in total. The summed E-state index contributed by atoms with van der Waals surface area (Å²) < 4.78 is 50.9. The number of para-hydroxylation sites is 1. The minimum Gasteiger partial charge on any atom is -0.324 e. The Bertz CT molecular complexity index is 1180. The molecule has 1 heterocycles. The van der Waals surface area contributed by atoms with E-state index in [4.69, 9.17) is 0 Å². The van der Waals surface area contributed by atoms with Crippen LogP contribution in [0.4, 0.5) is 14.5 Å². The van der Waals surface area contributed by atoms with E-state index in [0.29, 0.717) is 5.16 Å². The third-order valence-electron chi connectivity index (χ3n) is 4.06. The minimum absolute atomic E-state index is 0.158. The van der Waals surface area contributed by atoms with E-state index < -0.39 is 26.4 Å². The van der Waals surface area contributed by atoms with E-state index in [0.717, 1.165) is 34.6 Å². The molecule has 30 heavy (non-hydrogen) atoms. The van der Waals surface area contributed by atoms with Gasteiger partial charge in [0, 0.05) is 0 Å². The summed E-state index contributed by atoms with van der Waals surface area (Å²) in [5.41, 5.74) is 2.56. The number of rotatable bonds is 7. The van der Waals surface area contributed by atoms with Gasteiger partial charge in [-0.05, 0) is 48.0 Å². The van der Waals surface area contributed by atoms with Crippen molar-refractivity contribution < 1.29 is 22.0 Å². The molecule has 0 aliphatic heterocycles. The van der Waals surface area contributed by atoms with Crippen molar-refractivity contribution in [3.63, 3.8) is 0 Å². The maximum atomic E-state index is 12.9. The predicted octanol–water partition coefficient (Wildman–Crippen LogP) is 3.01. The van der Waals surface area contributed by atoms with Gasteiger partial charge in [0.1, 0.15) is 0 Å². The molecule has 158 valence electrons. The van der Waals surface area contributed by atoms with Gasteiger partial charge in [0.15, 0.2) is 0 Å². The Morgan fingerprint density at radius 2 is 1.93 bits per heavy atom. The van der Waals surface area contributed by atoms with Crippen LogP contribution >= 0.6 is 11.8 Å². The highest BCUT2D eigenvalue weighted by atomic mass is 32.2. The molecule has 0 spiro atoms. The van der Waals surface area contributed by atoms with Crippen LogP contribution in [0.25, 0.3) is 5.69 Å². The highest BCUT2D eigenvalue weighted by molar-refractivity contribution is 7.99. The Labute approximate surface area is 175 Å². The summed E-state index contributed by atoms with van der Waals surface area (Å²) in [6.07, 6.45) is 0. The van der Waals surface area contributed by atoms with E-state index in [-0.39, 0.29) is 11.4 Å². The Balaban J connectivity index is 1.74. The first kappa shape index (κ1) is 21.8. The minimum atomic E-state index is -4.85. The lowest BCUT2D eigenvalue weighted by Crippen LogP contribution is -2.19. The number of tetrazole rings is 1. The smallest absolute Gasteiger partial charge is 0.324 e. The fourth-order valence-electron chi connectivity index (χ4n) is 2.69. The van der Waals surface area contributed by atoms with Gasteiger partial charge in [-0.2, -0.15) is 13.5 Å². The molecule has 1 amide bonds. The fraction of sp³-hybridized carbons (Fsp3) is 0.222. The number of aryl methyl sites for hydroxylation is 2. The number of hydrogen-bond donors (Lipinski definition) is 1. The molecule has 3 rings (SSSR count). The van der Waals surface area contributed by atoms with Crippen molar-refractivity contribution in [1.82, 2.24) is 20.2 Å². The first-order valence-electron chi connectivity index (χ1n) is 8.60. The second kappa shape index (κ2) is 8.88. The largest absolute Gasteiger partial charge is 0.341 e. The SMILES string of the molecule is Cc1ccc(-n2nnnc2SCC(=O)Nc2ccccc2S(=O)(=O)C(F)F)c(C)c1. The highest BCUT2D eigenvalue weighted by Crippen LogP contribution is 2.27. The number of amides is 1. The molecule has 1 aromatic heterocycles. The van der Waals surface area contributed by atoms with Gasteiger partial charge in [-0.3, -0.25) is 4.79 Å². The lowest BCUT2D eigenvalue weighted by atomic mass is 10.1. The number of anilines is 1. The lowest BCUT2D eigenvalue weighted by molar-refractivity contribution is -0.113. The van der Waals surface area contributed by atoms with Crippen molar-refractivity contribution in [3.8, 4) is 5.69 Å². The maximum Gasteiger partial charge on any atom is 0.341 e. The van der Waals surface area contributed by atoms with Gasteiger partial charge < -0.3 is 5.32 Å². The zero-order valence-electron chi connectivity index (χ0n) is 15.9. The van der Waals surface area contributed by atoms with Crippen LogP contribution in [0, 0.1) is 13.8 Å². The van der Waals surface area contributed by atoms with Crippen LogP contribution in [-0.4, -0.2) is 46.0 Å². The van der Waals surface area contributed by atoms with Crippen LogP contribution in [-0.2, 0) is 14.6 Å². The van der Waals surface area contributed by atoms with Crippen molar-refractivity contribution in [2.45, 2.75) is 29.7 Å². The maximum absolute atomic E-state index is 12.9. The van der Waals surface area contributed by atoms with Crippen molar-refractivity contribution in [3.05, 3.63) is 53.6 Å². The molecule has 0 unspecified atom stereocenters. The third-order valence-corrected chi connectivity index (χ3v) is 6.41. The van der Waals surface area contributed by atoms with Gasteiger partial charge in [-0.25, -0.2) is 8.42 Å². The normalized spacial score (nSPS) is 11.6. The molecule has 0 saturated heterocycles. The standard InChI is InChI=1S/C18H17F2N5O3S2/c1-11-7-8-14(12(2)9-11)25-18(22-23-24-25)29-10-16(26)21-13-5-3-4-6-15(13)30(27,28)17(19)20/h3-9,17H,10H2,1-2H3,(H,21,26). The second-order valence-corrected chi connectivity index (χ2v) is 9.13. The number of aromatic nitrogens is 4. The van der Waals surface area contributed by atoms with Gasteiger partial charge in [0.25, 0.3) is 0 Å². The molecule has 0 aliphatic carbocycles. The number of hydrogen-bond acceptors (Lipinski definition) is 7. The van der Waals surface area contributed by atoms with E-state index in [1.807, 2.05) is 32.0 Å². The van der Waals surface area contributed by atoms with Crippen LogP contribution in [0.1, 0.15) is 11.1 Å². The number of carbonyl (C=O) groups is 1. The Morgan fingerprint density at radius 3 is 2.63 bits per heavy atom. The summed E-state index contributed by atoms with van der Waals surface area (Å²) in [5.74, 6) is -4.34. The molecule has 0 atom stereocenters. The molecule has 0 radical (unpaired) electrons. The molecule has 12 heteroatoms. The summed E-state index contributed by atoms with van der Waals surface area (Å²) in [6, 6.07) is 10.7. The number of nitrogens with zero attached hydrogens (tertiary/aromatic N) is 4. The monoisotopic (exact) mass is 453 g/mol. The topological polar surface area (TPSA) is 107 Å². The summed E-state index contributed by atoms with van der Waals surface area (Å²) in [7, 11) is -4.85. The first-order valence-corrected chi connectivity index (χ1v) is 11.1. The first-order chi connectivity index (χ1) is 14.2. The molecule has 0 bridgehead atoms. The summed E-state index contributed by atoms with van der Waals surface area (Å²) in [4.78, 5) is 11.7. The van der Waals surface area contributed by atoms with Gasteiger partial charge in [0.2, 0.25) is 20.9 Å². The molecular weight excluding hydrogens is 436 g/mol. The highest BCUT2D eigenvalue weighted by Gasteiger charge is 2.29. The lowest BCUT2D eigenvalue weighted by Gasteiger charge is -2.11. The fourth-order valence-corrected chi connectivity index (χ4v) is 4.26. The molecule has 0 saturated carbocycles. The van der Waals surface area contributed by atoms with Crippen molar-refractivity contribution in [2.24, 2.45) is 0 Å². The molecule has 0 fully saturated rings. The van der Waals surface area contributed by atoms with Gasteiger partial charge in [0.05, 0.1) is 22.0 Å². The number of sulfone groups is 1. The van der Waals surface area contributed by atoms with E-state index in [9.17, 15) is 22.0 Å². The van der Waals surface area contributed by atoms with Crippen LogP contribution in [0.5, 0.6) is 0 Å². The molecule has 3 aromatic rings. The van der Waals surface area contributed by atoms with E-state index in [1.165, 1.54) is 22.9 Å². The predicted molar refractivity (Wildman–Crippen MR) is 108 cm³/mol. The van der Waals surface area contributed by atoms with Crippen molar-refractivity contribution >= 4 is 33.2 Å². The van der Waals surface area contributed by atoms with E-state index in [1.54, 1.807) is 0 Å². The van der Waals surface area contributed by atoms with Crippen LogP contribution in [0.3, 0.4) is 0 Å². The van der Waals surface area contributed by atoms with Crippen LogP contribution in [0.2, 0.25) is 0 Å². The Kier molecular flexibility index (Phi) is 6.46. The number of thioether (sulfide) groups is 1. The Hall–Kier alpha value is -2.86. The summed E-state index contributed by atoms with van der Waals surface area (Å²) >= 11 is 1.03. The molecule has 1 N–H and O–H groups in total.